The molecule has 0 aliphatic heterocycles. The highest BCUT2D eigenvalue weighted by molar-refractivity contribution is 5.30. The summed E-state index contributed by atoms with van der Waals surface area (Å²) < 4.78 is 7.16. The molecule has 4 heteroatoms. The van der Waals surface area contributed by atoms with Crippen molar-refractivity contribution in [3.63, 3.8) is 0 Å². The SMILES string of the molecule is CCOc1cccc(C(O)Cc2cnn(C)c2)c1. The molecular weight excluding hydrogens is 228 g/mol. The second-order valence-corrected chi connectivity index (χ2v) is 4.25. The zero-order valence-corrected chi connectivity index (χ0v) is 10.7. The zero-order valence-electron chi connectivity index (χ0n) is 10.7. The van der Waals surface area contributed by atoms with Crippen LogP contribution in [0.15, 0.2) is 36.7 Å². The molecule has 96 valence electrons. The van der Waals surface area contributed by atoms with Crippen LogP contribution in [-0.2, 0) is 13.5 Å². The van der Waals surface area contributed by atoms with Crippen LogP contribution in [0.4, 0.5) is 0 Å². The maximum atomic E-state index is 10.2. The fraction of sp³-hybridized carbons (Fsp3) is 0.357. The molecule has 1 aromatic heterocycles. The molecule has 1 unspecified atom stereocenters. The number of hydrogen-bond donors (Lipinski definition) is 1. The second kappa shape index (κ2) is 5.69. The predicted octanol–water partition coefficient (Wildman–Crippen LogP) is 2.09. The molecule has 0 amide bonds. The number of aliphatic hydroxyl groups is 1. The van der Waals surface area contributed by atoms with Crippen molar-refractivity contribution in [3.05, 3.63) is 47.8 Å². The van der Waals surface area contributed by atoms with Crippen molar-refractivity contribution in [3.8, 4) is 5.75 Å². The summed E-state index contributed by atoms with van der Waals surface area (Å²) in [5, 5.41) is 14.3. The van der Waals surface area contributed by atoms with Gasteiger partial charge in [0.1, 0.15) is 5.75 Å². The lowest BCUT2D eigenvalue weighted by Crippen LogP contribution is -2.02. The molecule has 0 bridgehead atoms. The second-order valence-electron chi connectivity index (χ2n) is 4.25. The Bertz CT molecular complexity index is 508. The van der Waals surface area contributed by atoms with E-state index in [9.17, 15) is 5.11 Å². The summed E-state index contributed by atoms with van der Waals surface area (Å²) in [6.07, 6.45) is 3.71. The molecule has 1 aromatic carbocycles. The van der Waals surface area contributed by atoms with E-state index in [-0.39, 0.29) is 0 Å². The Hall–Kier alpha value is -1.81. The molecule has 4 nitrogen and oxygen atoms in total. The first-order valence-electron chi connectivity index (χ1n) is 6.07. The molecule has 0 radical (unpaired) electrons. The highest BCUT2D eigenvalue weighted by atomic mass is 16.5. The lowest BCUT2D eigenvalue weighted by molar-refractivity contribution is 0.178. The quantitative estimate of drug-likeness (QED) is 0.878. The number of hydrogen-bond acceptors (Lipinski definition) is 3. The minimum Gasteiger partial charge on any atom is -0.494 e. The lowest BCUT2D eigenvalue weighted by atomic mass is 10.0. The van der Waals surface area contributed by atoms with E-state index in [1.807, 2.05) is 44.4 Å². The molecule has 0 saturated carbocycles. The first-order chi connectivity index (χ1) is 8.69. The van der Waals surface area contributed by atoms with Crippen LogP contribution in [0, 0.1) is 0 Å². The molecular formula is C14H18N2O2. The van der Waals surface area contributed by atoms with E-state index in [4.69, 9.17) is 4.74 Å². The van der Waals surface area contributed by atoms with E-state index in [0.717, 1.165) is 16.9 Å². The monoisotopic (exact) mass is 246 g/mol. The number of rotatable bonds is 5. The maximum absolute atomic E-state index is 10.2. The summed E-state index contributed by atoms with van der Waals surface area (Å²) in [4.78, 5) is 0. The van der Waals surface area contributed by atoms with Gasteiger partial charge in [0.05, 0.1) is 18.9 Å². The maximum Gasteiger partial charge on any atom is 0.119 e. The minimum atomic E-state index is -0.533. The highest BCUT2D eigenvalue weighted by Gasteiger charge is 2.10. The molecule has 0 saturated heterocycles. The smallest absolute Gasteiger partial charge is 0.119 e. The zero-order chi connectivity index (χ0) is 13.0. The van der Waals surface area contributed by atoms with E-state index >= 15 is 0 Å². The number of benzene rings is 1. The third kappa shape index (κ3) is 3.11. The van der Waals surface area contributed by atoms with Gasteiger partial charge in [0.25, 0.3) is 0 Å². The van der Waals surface area contributed by atoms with Crippen molar-refractivity contribution in [1.82, 2.24) is 9.78 Å². The number of aliphatic hydroxyl groups excluding tert-OH is 1. The molecule has 18 heavy (non-hydrogen) atoms. The fourth-order valence-corrected chi connectivity index (χ4v) is 1.90. The Morgan fingerprint density at radius 3 is 2.94 bits per heavy atom. The van der Waals surface area contributed by atoms with Gasteiger partial charge in [0.15, 0.2) is 0 Å². The third-order valence-electron chi connectivity index (χ3n) is 2.74. The Balaban J connectivity index is 2.08. The largest absolute Gasteiger partial charge is 0.494 e. The number of nitrogens with zero attached hydrogens (tertiary/aromatic N) is 2. The van der Waals surface area contributed by atoms with Gasteiger partial charge in [0.2, 0.25) is 0 Å². The summed E-state index contributed by atoms with van der Waals surface area (Å²) in [6, 6.07) is 7.57. The van der Waals surface area contributed by atoms with Crippen molar-refractivity contribution in [1.29, 1.82) is 0 Å². The average Bonchev–Trinajstić information content (AvgIpc) is 2.75. The van der Waals surface area contributed by atoms with Gasteiger partial charge in [-0.05, 0) is 30.2 Å². The number of ether oxygens (including phenoxy) is 1. The van der Waals surface area contributed by atoms with Crippen molar-refractivity contribution in [2.75, 3.05) is 6.61 Å². The van der Waals surface area contributed by atoms with Gasteiger partial charge in [-0.2, -0.15) is 5.10 Å². The molecule has 0 spiro atoms. The van der Waals surface area contributed by atoms with Crippen molar-refractivity contribution in [2.24, 2.45) is 7.05 Å². The normalized spacial score (nSPS) is 12.4. The van der Waals surface area contributed by atoms with Crippen LogP contribution >= 0.6 is 0 Å². The first kappa shape index (κ1) is 12.6. The molecule has 0 aliphatic carbocycles. The molecule has 0 fully saturated rings. The Labute approximate surface area is 107 Å². The van der Waals surface area contributed by atoms with Crippen molar-refractivity contribution >= 4 is 0 Å². The molecule has 2 rings (SSSR count). The average molecular weight is 246 g/mol. The van der Waals surface area contributed by atoms with Crippen LogP contribution in [0.25, 0.3) is 0 Å². The Morgan fingerprint density at radius 1 is 1.44 bits per heavy atom. The van der Waals surface area contributed by atoms with Gasteiger partial charge in [-0.15, -0.1) is 0 Å². The van der Waals surface area contributed by atoms with E-state index in [2.05, 4.69) is 5.10 Å². The van der Waals surface area contributed by atoms with Gasteiger partial charge >= 0.3 is 0 Å². The van der Waals surface area contributed by atoms with E-state index in [1.54, 1.807) is 10.9 Å². The summed E-state index contributed by atoms with van der Waals surface area (Å²) in [5.41, 5.74) is 1.89. The van der Waals surface area contributed by atoms with Gasteiger partial charge in [-0.1, -0.05) is 12.1 Å². The van der Waals surface area contributed by atoms with E-state index in [1.165, 1.54) is 0 Å². The number of aryl methyl sites for hydroxylation is 1. The van der Waals surface area contributed by atoms with Crippen LogP contribution in [0.3, 0.4) is 0 Å². The van der Waals surface area contributed by atoms with Crippen LogP contribution < -0.4 is 4.74 Å². The van der Waals surface area contributed by atoms with Crippen LogP contribution in [0.5, 0.6) is 5.75 Å². The van der Waals surface area contributed by atoms with Gasteiger partial charge in [0, 0.05) is 19.7 Å². The molecule has 1 atom stereocenters. The lowest BCUT2D eigenvalue weighted by Gasteiger charge is -2.11. The highest BCUT2D eigenvalue weighted by Crippen LogP contribution is 2.22. The van der Waals surface area contributed by atoms with E-state index in [0.29, 0.717) is 13.0 Å². The van der Waals surface area contributed by atoms with Crippen LogP contribution in [0.2, 0.25) is 0 Å². The van der Waals surface area contributed by atoms with E-state index < -0.39 is 6.10 Å². The first-order valence-corrected chi connectivity index (χ1v) is 6.07. The fourth-order valence-electron chi connectivity index (χ4n) is 1.90. The minimum absolute atomic E-state index is 0.533. The van der Waals surface area contributed by atoms with Gasteiger partial charge in [-0.3, -0.25) is 4.68 Å². The predicted molar refractivity (Wildman–Crippen MR) is 69.5 cm³/mol. The third-order valence-corrected chi connectivity index (χ3v) is 2.74. The standard InChI is InChI=1S/C14H18N2O2/c1-3-18-13-6-4-5-12(8-13)14(17)7-11-9-15-16(2)10-11/h4-6,8-10,14,17H,3,7H2,1-2H3. The molecule has 2 aromatic rings. The molecule has 1 heterocycles. The summed E-state index contributed by atoms with van der Waals surface area (Å²) in [7, 11) is 1.87. The van der Waals surface area contributed by atoms with Gasteiger partial charge in [-0.25, -0.2) is 0 Å². The Kier molecular flexibility index (Phi) is 3.99. The number of aromatic nitrogens is 2. The van der Waals surface area contributed by atoms with Crippen LogP contribution in [-0.4, -0.2) is 21.5 Å². The molecule has 1 N–H and O–H groups in total. The Morgan fingerprint density at radius 2 is 2.28 bits per heavy atom. The molecule has 0 aliphatic rings. The topological polar surface area (TPSA) is 47.3 Å². The summed E-state index contributed by atoms with van der Waals surface area (Å²) in [5.74, 6) is 0.792. The summed E-state index contributed by atoms with van der Waals surface area (Å²) in [6.45, 7) is 2.57. The summed E-state index contributed by atoms with van der Waals surface area (Å²) >= 11 is 0. The van der Waals surface area contributed by atoms with Gasteiger partial charge < -0.3 is 9.84 Å². The van der Waals surface area contributed by atoms with Crippen molar-refractivity contribution in [2.45, 2.75) is 19.4 Å². The van der Waals surface area contributed by atoms with Crippen LogP contribution in [0.1, 0.15) is 24.2 Å². The van der Waals surface area contributed by atoms with Crippen molar-refractivity contribution < 1.29 is 9.84 Å².